The highest BCUT2D eigenvalue weighted by Crippen LogP contribution is 2.10. The number of hydrogen-bond acceptors (Lipinski definition) is 4. The number of unbranched alkanes of at least 4 members (excludes halogenated alkanes) is 12. The Morgan fingerprint density at radius 3 is 1.45 bits per heavy atom. The van der Waals surface area contributed by atoms with E-state index >= 15 is 0 Å². The fraction of sp³-hybridized carbons (Fsp3) is 0.651. The second-order valence-electron chi connectivity index (χ2n) is 12.3. The molecule has 0 radical (unpaired) electrons. The molecule has 4 nitrogen and oxygen atoms in total. The minimum Gasteiger partial charge on any atom is -0.457 e. The summed E-state index contributed by atoms with van der Waals surface area (Å²) in [7, 11) is 0. The molecular formula is C43H72O4. The molecule has 1 atom stereocenters. The molecule has 4 heteroatoms. The van der Waals surface area contributed by atoms with Crippen LogP contribution in [0.4, 0.5) is 0 Å². The summed E-state index contributed by atoms with van der Waals surface area (Å²) in [6.07, 6.45) is 54.9. The summed E-state index contributed by atoms with van der Waals surface area (Å²) in [5.74, 6) is -0.288. The van der Waals surface area contributed by atoms with Gasteiger partial charge in [0, 0.05) is 13.0 Å². The summed E-state index contributed by atoms with van der Waals surface area (Å²) in [5, 5.41) is 9.56. The summed E-state index contributed by atoms with van der Waals surface area (Å²) in [5.41, 5.74) is 0. The highest BCUT2D eigenvalue weighted by atomic mass is 16.6. The third kappa shape index (κ3) is 37.9. The number of carbonyl (C=O) groups is 1. The predicted octanol–water partition coefficient (Wildman–Crippen LogP) is 12.4. The molecule has 0 aromatic heterocycles. The zero-order valence-corrected chi connectivity index (χ0v) is 30.5. The molecule has 0 spiro atoms. The molecule has 0 aliphatic heterocycles. The Kier molecular flexibility index (Phi) is 37.7. The van der Waals surface area contributed by atoms with Crippen LogP contribution in [-0.4, -0.2) is 37.0 Å². The molecule has 0 bridgehead atoms. The first-order chi connectivity index (χ1) is 23.2. The SMILES string of the molecule is CC/C=C\C/C=C\C/C=C\C/C=C\C/C=C\C/C=C\CCC(=O)OC(CO)COCCCCCCCC/C=C\CCCCCCCC. The number of hydrogen-bond donors (Lipinski definition) is 1. The van der Waals surface area contributed by atoms with E-state index in [4.69, 9.17) is 9.47 Å². The fourth-order valence-electron chi connectivity index (χ4n) is 4.88. The van der Waals surface area contributed by atoms with Gasteiger partial charge < -0.3 is 14.6 Å². The largest absolute Gasteiger partial charge is 0.457 e. The Morgan fingerprint density at radius 1 is 0.532 bits per heavy atom. The van der Waals surface area contributed by atoms with Gasteiger partial charge in [0.05, 0.1) is 13.2 Å². The standard InChI is InChI=1S/C43H72O4/c1-3-5-7-9-11-13-15-17-19-21-22-23-24-26-28-30-32-34-36-38-43(45)47-42(40-44)41-46-39-37-35-33-31-29-27-25-20-18-16-14-12-10-8-6-4-2/h5,7,11,13,17-20,22-23,26,28,32,34,42,44H,3-4,6,8-10,12,14-16,21,24-25,27,29-31,33,35-41H2,1-2H3/b7-5-,13-11-,19-17-,20-18-,23-22-,28-26-,34-32-. The van der Waals surface area contributed by atoms with Crippen LogP contribution in [0.15, 0.2) is 85.1 Å². The van der Waals surface area contributed by atoms with Crippen molar-refractivity contribution in [2.45, 2.75) is 161 Å². The lowest BCUT2D eigenvalue weighted by Crippen LogP contribution is -2.27. The lowest BCUT2D eigenvalue weighted by Gasteiger charge is -2.15. The summed E-state index contributed by atoms with van der Waals surface area (Å²) in [6.45, 7) is 5.12. The van der Waals surface area contributed by atoms with Crippen molar-refractivity contribution in [3.05, 3.63) is 85.1 Å². The van der Waals surface area contributed by atoms with Crippen LogP contribution in [0.25, 0.3) is 0 Å². The van der Waals surface area contributed by atoms with Gasteiger partial charge in [0.25, 0.3) is 0 Å². The lowest BCUT2D eigenvalue weighted by atomic mass is 10.1. The van der Waals surface area contributed by atoms with Crippen molar-refractivity contribution in [3.8, 4) is 0 Å². The first-order valence-electron chi connectivity index (χ1n) is 19.2. The first kappa shape index (κ1) is 44.6. The maximum atomic E-state index is 12.1. The van der Waals surface area contributed by atoms with Crippen molar-refractivity contribution < 1.29 is 19.4 Å². The van der Waals surface area contributed by atoms with Gasteiger partial charge in [0.15, 0.2) is 0 Å². The molecule has 0 aliphatic carbocycles. The molecule has 47 heavy (non-hydrogen) atoms. The summed E-state index contributed by atoms with van der Waals surface area (Å²) >= 11 is 0. The van der Waals surface area contributed by atoms with E-state index in [1.54, 1.807) is 0 Å². The number of ether oxygens (including phenoxy) is 2. The number of allylic oxidation sites excluding steroid dienone is 14. The van der Waals surface area contributed by atoms with E-state index in [2.05, 4.69) is 92.8 Å². The molecule has 0 amide bonds. The summed E-state index contributed by atoms with van der Waals surface area (Å²) in [6, 6.07) is 0. The van der Waals surface area contributed by atoms with Crippen LogP contribution >= 0.6 is 0 Å². The van der Waals surface area contributed by atoms with Crippen LogP contribution in [0, 0.1) is 0 Å². The first-order valence-corrected chi connectivity index (χ1v) is 19.2. The van der Waals surface area contributed by atoms with E-state index < -0.39 is 6.10 Å². The molecule has 0 fully saturated rings. The summed E-state index contributed by atoms with van der Waals surface area (Å²) < 4.78 is 11.1. The molecule has 0 saturated carbocycles. The van der Waals surface area contributed by atoms with Crippen molar-refractivity contribution in [1.29, 1.82) is 0 Å². The third-order valence-corrected chi connectivity index (χ3v) is 7.72. The van der Waals surface area contributed by atoms with Gasteiger partial charge in [-0.1, -0.05) is 157 Å². The number of aliphatic hydroxyl groups is 1. The molecule has 0 heterocycles. The minimum atomic E-state index is -0.582. The van der Waals surface area contributed by atoms with Gasteiger partial charge in [-0.2, -0.15) is 0 Å². The third-order valence-electron chi connectivity index (χ3n) is 7.72. The Balaban J connectivity index is 3.63. The maximum Gasteiger partial charge on any atom is 0.306 e. The Hall–Kier alpha value is -2.43. The van der Waals surface area contributed by atoms with Crippen molar-refractivity contribution in [2.24, 2.45) is 0 Å². The van der Waals surface area contributed by atoms with E-state index in [9.17, 15) is 9.90 Å². The van der Waals surface area contributed by atoms with E-state index in [0.717, 1.165) is 51.4 Å². The van der Waals surface area contributed by atoms with Crippen LogP contribution in [-0.2, 0) is 14.3 Å². The van der Waals surface area contributed by atoms with Gasteiger partial charge in [-0.05, 0) is 77.0 Å². The van der Waals surface area contributed by atoms with E-state index in [1.807, 2.05) is 6.08 Å². The second-order valence-corrected chi connectivity index (χ2v) is 12.3. The van der Waals surface area contributed by atoms with Crippen LogP contribution < -0.4 is 0 Å². The molecular weight excluding hydrogens is 580 g/mol. The van der Waals surface area contributed by atoms with E-state index in [0.29, 0.717) is 19.4 Å². The number of aliphatic hydroxyl groups excluding tert-OH is 1. The van der Waals surface area contributed by atoms with Gasteiger partial charge in [-0.25, -0.2) is 0 Å². The van der Waals surface area contributed by atoms with Crippen molar-refractivity contribution in [1.82, 2.24) is 0 Å². The molecule has 0 aliphatic rings. The second kappa shape index (κ2) is 39.7. The highest BCUT2D eigenvalue weighted by Gasteiger charge is 2.13. The summed E-state index contributed by atoms with van der Waals surface area (Å²) in [4.78, 5) is 12.1. The average Bonchev–Trinajstić information content (AvgIpc) is 3.08. The minimum absolute atomic E-state index is 0.209. The van der Waals surface area contributed by atoms with Crippen molar-refractivity contribution >= 4 is 5.97 Å². The fourth-order valence-corrected chi connectivity index (χ4v) is 4.88. The maximum absolute atomic E-state index is 12.1. The Morgan fingerprint density at radius 2 is 0.957 bits per heavy atom. The van der Waals surface area contributed by atoms with Crippen molar-refractivity contribution in [2.75, 3.05) is 19.8 Å². The monoisotopic (exact) mass is 653 g/mol. The average molecular weight is 653 g/mol. The lowest BCUT2D eigenvalue weighted by molar-refractivity contribution is -0.154. The van der Waals surface area contributed by atoms with Crippen molar-refractivity contribution in [3.63, 3.8) is 0 Å². The molecule has 1 N–H and O–H groups in total. The highest BCUT2D eigenvalue weighted by molar-refractivity contribution is 5.69. The van der Waals surface area contributed by atoms with Crippen LogP contribution in [0.1, 0.15) is 155 Å². The predicted molar refractivity (Wildman–Crippen MR) is 205 cm³/mol. The molecule has 0 aromatic carbocycles. The van der Waals surface area contributed by atoms with Crippen LogP contribution in [0.5, 0.6) is 0 Å². The van der Waals surface area contributed by atoms with Gasteiger partial charge in [0.1, 0.15) is 6.10 Å². The molecule has 0 rings (SSSR count). The molecule has 1 unspecified atom stereocenters. The van der Waals surface area contributed by atoms with Gasteiger partial charge in [-0.3, -0.25) is 4.79 Å². The van der Waals surface area contributed by atoms with Crippen LogP contribution in [0.2, 0.25) is 0 Å². The quantitative estimate of drug-likeness (QED) is 0.0427. The van der Waals surface area contributed by atoms with Gasteiger partial charge in [0.2, 0.25) is 0 Å². The van der Waals surface area contributed by atoms with Gasteiger partial charge in [-0.15, -0.1) is 0 Å². The van der Waals surface area contributed by atoms with Gasteiger partial charge >= 0.3 is 5.97 Å². The number of esters is 1. The zero-order chi connectivity index (χ0) is 34.1. The molecule has 0 aromatic rings. The number of carbonyl (C=O) groups excluding carboxylic acids is 1. The van der Waals surface area contributed by atoms with E-state index in [1.165, 1.54) is 77.0 Å². The van der Waals surface area contributed by atoms with E-state index in [-0.39, 0.29) is 19.2 Å². The van der Waals surface area contributed by atoms with Crippen LogP contribution in [0.3, 0.4) is 0 Å². The Bertz CT molecular complexity index is 861. The molecule has 0 saturated heterocycles. The normalized spacial score (nSPS) is 13.3. The molecule has 268 valence electrons. The smallest absolute Gasteiger partial charge is 0.306 e. The topological polar surface area (TPSA) is 55.8 Å². The number of rotatable bonds is 34. The Labute approximate surface area is 290 Å². The zero-order valence-electron chi connectivity index (χ0n) is 30.5.